The third kappa shape index (κ3) is 5.47. The lowest BCUT2D eigenvalue weighted by molar-refractivity contribution is -0.127. The molecule has 8 heteroatoms. The molecule has 2 unspecified atom stereocenters. The van der Waals surface area contributed by atoms with Crippen molar-refractivity contribution in [1.29, 1.82) is 0 Å². The van der Waals surface area contributed by atoms with Crippen molar-refractivity contribution in [3.05, 3.63) is 30.3 Å². The number of halogens is 1. The molecule has 0 radical (unpaired) electrons. The molecule has 1 saturated carbocycles. The van der Waals surface area contributed by atoms with E-state index in [1.807, 2.05) is 0 Å². The number of benzene rings is 1. The molecule has 0 bridgehead atoms. The van der Waals surface area contributed by atoms with E-state index in [9.17, 15) is 13.2 Å². The number of hydrogen-bond donors (Lipinski definition) is 2. The van der Waals surface area contributed by atoms with Crippen LogP contribution in [0.2, 0.25) is 0 Å². The van der Waals surface area contributed by atoms with E-state index in [0.29, 0.717) is 31.8 Å². The topological polar surface area (TPSA) is 92.5 Å². The van der Waals surface area contributed by atoms with Crippen molar-refractivity contribution in [2.45, 2.75) is 55.9 Å². The van der Waals surface area contributed by atoms with E-state index in [1.165, 1.54) is 23.6 Å². The van der Waals surface area contributed by atoms with Crippen LogP contribution in [0.25, 0.3) is 0 Å². The Hall–Kier alpha value is -1.15. The molecule has 28 heavy (non-hydrogen) atoms. The summed E-state index contributed by atoms with van der Waals surface area (Å²) in [6.07, 6.45) is 7.29. The molecular formula is C20H32ClN3O3S. The zero-order valence-corrected chi connectivity index (χ0v) is 17.9. The lowest BCUT2D eigenvalue weighted by Gasteiger charge is -2.34. The van der Waals surface area contributed by atoms with Crippen molar-refractivity contribution in [3.8, 4) is 0 Å². The molecule has 1 aromatic carbocycles. The quantitative estimate of drug-likeness (QED) is 0.726. The lowest BCUT2D eigenvalue weighted by atomic mass is 9.83. The summed E-state index contributed by atoms with van der Waals surface area (Å²) in [4.78, 5) is 13.1. The van der Waals surface area contributed by atoms with Crippen LogP contribution in [0.4, 0.5) is 0 Å². The summed E-state index contributed by atoms with van der Waals surface area (Å²) in [5, 5.41) is 3.13. The van der Waals surface area contributed by atoms with Gasteiger partial charge in [0.15, 0.2) is 0 Å². The van der Waals surface area contributed by atoms with Crippen molar-refractivity contribution in [1.82, 2.24) is 9.62 Å². The van der Waals surface area contributed by atoms with E-state index >= 15 is 0 Å². The standard InChI is InChI=1S/C20H31N3O3S.ClH/c21-14-19(16-8-3-1-4-9-16)22-20(24)17-10-7-13-23(15-17)27(25,26)18-11-5-2-6-12-18;/h2,5-6,11-12,16-17,19H,1,3-4,7-10,13-15,21H2,(H,22,24);1H. The molecule has 1 aliphatic heterocycles. The first kappa shape index (κ1) is 23.1. The van der Waals surface area contributed by atoms with Crippen molar-refractivity contribution >= 4 is 28.3 Å². The molecule has 1 amide bonds. The molecule has 1 saturated heterocycles. The van der Waals surface area contributed by atoms with Gasteiger partial charge in [0.1, 0.15) is 0 Å². The van der Waals surface area contributed by atoms with Gasteiger partial charge in [0, 0.05) is 25.7 Å². The van der Waals surface area contributed by atoms with Gasteiger partial charge in [0.2, 0.25) is 15.9 Å². The van der Waals surface area contributed by atoms with Gasteiger partial charge >= 0.3 is 0 Å². The molecule has 1 aromatic rings. The van der Waals surface area contributed by atoms with Crippen molar-refractivity contribution in [3.63, 3.8) is 0 Å². The van der Waals surface area contributed by atoms with Crippen LogP contribution < -0.4 is 11.1 Å². The summed E-state index contributed by atoms with van der Waals surface area (Å²) in [6.45, 7) is 1.14. The maximum atomic E-state index is 12.9. The van der Waals surface area contributed by atoms with E-state index in [1.54, 1.807) is 30.3 Å². The maximum absolute atomic E-state index is 12.9. The third-order valence-corrected chi connectivity index (χ3v) is 7.82. The normalized spacial score (nSPS) is 22.8. The van der Waals surface area contributed by atoms with E-state index in [2.05, 4.69) is 5.32 Å². The van der Waals surface area contributed by atoms with Gasteiger partial charge in [-0.2, -0.15) is 4.31 Å². The van der Waals surface area contributed by atoms with Crippen LogP contribution in [0.3, 0.4) is 0 Å². The number of rotatable bonds is 6. The highest BCUT2D eigenvalue weighted by atomic mass is 35.5. The van der Waals surface area contributed by atoms with Crippen LogP contribution in [0.15, 0.2) is 35.2 Å². The van der Waals surface area contributed by atoms with Crippen LogP contribution in [0, 0.1) is 11.8 Å². The number of sulfonamides is 1. The zero-order valence-electron chi connectivity index (χ0n) is 16.3. The number of hydrogen-bond acceptors (Lipinski definition) is 4. The van der Waals surface area contributed by atoms with E-state index in [-0.39, 0.29) is 41.7 Å². The van der Waals surface area contributed by atoms with Crippen molar-refractivity contribution in [2.24, 2.45) is 17.6 Å². The molecule has 6 nitrogen and oxygen atoms in total. The molecule has 2 aliphatic rings. The van der Waals surface area contributed by atoms with Gasteiger partial charge in [-0.3, -0.25) is 4.79 Å². The second-order valence-electron chi connectivity index (χ2n) is 7.76. The Kier molecular flexibility index (Phi) is 8.74. The molecule has 1 heterocycles. The van der Waals surface area contributed by atoms with Crippen LogP contribution in [-0.4, -0.2) is 44.3 Å². The Morgan fingerprint density at radius 3 is 2.43 bits per heavy atom. The van der Waals surface area contributed by atoms with E-state index in [4.69, 9.17) is 5.73 Å². The van der Waals surface area contributed by atoms with Gasteiger partial charge in [-0.15, -0.1) is 12.4 Å². The van der Waals surface area contributed by atoms with Gasteiger partial charge in [-0.1, -0.05) is 37.5 Å². The summed E-state index contributed by atoms with van der Waals surface area (Å²) in [6, 6.07) is 8.44. The maximum Gasteiger partial charge on any atom is 0.243 e. The van der Waals surface area contributed by atoms with E-state index < -0.39 is 10.0 Å². The lowest BCUT2D eigenvalue weighted by Crippen LogP contribution is -2.51. The molecule has 3 rings (SSSR count). The highest BCUT2D eigenvalue weighted by Gasteiger charge is 2.34. The Balaban J connectivity index is 0.00000280. The molecule has 0 aromatic heterocycles. The highest BCUT2D eigenvalue weighted by molar-refractivity contribution is 7.89. The average molecular weight is 430 g/mol. The molecule has 0 spiro atoms. The predicted molar refractivity (Wildman–Crippen MR) is 113 cm³/mol. The molecule has 2 fully saturated rings. The van der Waals surface area contributed by atoms with Gasteiger partial charge in [0.05, 0.1) is 10.8 Å². The number of carbonyl (C=O) groups excluding carboxylic acids is 1. The largest absolute Gasteiger partial charge is 0.352 e. The Morgan fingerprint density at radius 2 is 1.79 bits per heavy atom. The molecule has 3 N–H and O–H groups in total. The third-order valence-electron chi connectivity index (χ3n) is 5.94. The van der Waals surface area contributed by atoms with Gasteiger partial charge < -0.3 is 11.1 Å². The number of nitrogens with zero attached hydrogens (tertiary/aromatic N) is 1. The fourth-order valence-corrected chi connectivity index (χ4v) is 5.87. The van der Waals surface area contributed by atoms with Crippen molar-refractivity contribution in [2.75, 3.05) is 19.6 Å². The minimum Gasteiger partial charge on any atom is -0.352 e. The van der Waals surface area contributed by atoms with Gasteiger partial charge in [-0.25, -0.2) is 8.42 Å². The van der Waals surface area contributed by atoms with Crippen LogP contribution in [0.1, 0.15) is 44.9 Å². The Morgan fingerprint density at radius 1 is 1.11 bits per heavy atom. The molecular weight excluding hydrogens is 398 g/mol. The minimum atomic E-state index is -3.55. The first-order chi connectivity index (χ1) is 13.0. The zero-order chi connectivity index (χ0) is 19.3. The molecule has 2 atom stereocenters. The number of nitrogens with two attached hydrogens (primary N) is 1. The Bertz CT molecular complexity index is 723. The minimum absolute atomic E-state index is 0. The van der Waals surface area contributed by atoms with Crippen LogP contribution in [0.5, 0.6) is 0 Å². The molecule has 1 aliphatic carbocycles. The van der Waals surface area contributed by atoms with E-state index in [0.717, 1.165) is 12.8 Å². The summed E-state index contributed by atoms with van der Waals surface area (Å²) in [5.41, 5.74) is 5.93. The summed E-state index contributed by atoms with van der Waals surface area (Å²) in [7, 11) is -3.55. The number of amides is 1. The average Bonchev–Trinajstić information content (AvgIpc) is 2.73. The second-order valence-corrected chi connectivity index (χ2v) is 9.70. The number of carbonyl (C=O) groups is 1. The first-order valence-corrected chi connectivity index (χ1v) is 11.5. The van der Waals surface area contributed by atoms with Crippen molar-refractivity contribution < 1.29 is 13.2 Å². The summed E-state index contributed by atoms with van der Waals surface area (Å²) < 4.78 is 27.2. The fraction of sp³-hybridized carbons (Fsp3) is 0.650. The SMILES string of the molecule is Cl.NCC(NC(=O)C1CCCN(S(=O)(=O)c2ccccc2)C1)C1CCCCC1. The highest BCUT2D eigenvalue weighted by Crippen LogP contribution is 2.27. The second kappa shape index (κ2) is 10.6. The predicted octanol–water partition coefficient (Wildman–Crippen LogP) is 2.53. The summed E-state index contributed by atoms with van der Waals surface area (Å²) in [5.74, 6) is 0.0827. The monoisotopic (exact) mass is 429 g/mol. The first-order valence-electron chi connectivity index (χ1n) is 10.1. The summed E-state index contributed by atoms with van der Waals surface area (Å²) >= 11 is 0. The number of nitrogens with one attached hydrogen (secondary N) is 1. The van der Waals surface area contributed by atoms with Crippen LogP contribution in [-0.2, 0) is 14.8 Å². The van der Waals surface area contributed by atoms with Crippen LogP contribution >= 0.6 is 12.4 Å². The number of piperidine rings is 1. The van der Waals surface area contributed by atoms with Gasteiger partial charge in [0.25, 0.3) is 0 Å². The Labute approximate surface area is 174 Å². The van der Waals surface area contributed by atoms with Gasteiger partial charge in [-0.05, 0) is 43.7 Å². The fourth-order valence-electron chi connectivity index (χ4n) is 4.32. The molecule has 158 valence electrons. The smallest absolute Gasteiger partial charge is 0.243 e.